The maximum atomic E-state index is 12.4. The van der Waals surface area contributed by atoms with Crippen LogP contribution in [0.15, 0.2) is 18.2 Å². The minimum Gasteiger partial charge on any atom is -0.493 e. The van der Waals surface area contributed by atoms with E-state index in [9.17, 15) is 13.6 Å². The number of methoxy groups -OCH3 is 1. The molecule has 0 saturated heterocycles. The van der Waals surface area contributed by atoms with Gasteiger partial charge in [0.15, 0.2) is 11.5 Å². The second-order valence-electron chi connectivity index (χ2n) is 4.73. The number of rotatable bonds is 7. The molecule has 1 atom stereocenters. The van der Waals surface area contributed by atoms with Gasteiger partial charge in [0.1, 0.15) is 0 Å². The highest BCUT2D eigenvalue weighted by atomic mass is 19.3. The van der Waals surface area contributed by atoms with E-state index in [4.69, 9.17) is 10.5 Å². The van der Waals surface area contributed by atoms with E-state index in [1.165, 1.54) is 24.1 Å². The molecule has 5 nitrogen and oxygen atoms in total. The third-order valence-corrected chi connectivity index (χ3v) is 3.00. The monoisotopic (exact) mass is 302 g/mol. The summed E-state index contributed by atoms with van der Waals surface area (Å²) in [6.07, 6.45) is 0.344. The average Bonchev–Trinajstić information content (AvgIpc) is 2.43. The van der Waals surface area contributed by atoms with E-state index in [-0.39, 0.29) is 24.0 Å². The summed E-state index contributed by atoms with van der Waals surface area (Å²) >= 11 is 0. The van der Waals surface area contributed by atoms with Crippen LogP contribution in [0.1, 0.15) is 5.56 Å². The predicted molar refractivity (Wildman–Crippen MR) is 74.6 cm³/mol. The van der Waals surface area contributed by atoms with E-state index in [1.54, 1.807) is 20.2 Å². The number of hydrogen-bond acceptors (Lipinski definition) is 4. The fourth-order valence-corrected chi connectivity index (χ4v) is 1.96. The van der Waals surface area contributed by atoms with Crippen LogP contribution in [0.25, 0.3) is 0 Å². The third kappa shape index (κ3) is 4.86. The Hall–Kier alpha value is -1.89. The number of alkyl halides is 2. The molecule has 1 aromatic carbocycles. The molecule has 7 heteroatoms. The van der Waals surface area contributed by atoms with Crippen molar-refractivity contribution in [3.63, 3.8) is 0 Å². The lowest BCUT2D eigenvalue weighted by atomic mass is 9.98. The van der Waals surface area contributed by atoms with Gasteiger partial charge in [-0.05, 0) is 24.1 Å². The van der Waals surface area contributed by atoms with Crippen LogP contribution >= 0.6 is 0 Å². The van der Waals surface area contributed by atoms with Gasteiger partial charge in [-0.15, -0.1) is 0 Å². The molecule has 1 aromatic rings. The van der Waals surface area contributed by atoms with Crippen LogP contribution in [0.5, 0.6) is 11.5 Å². The first-order valence-corrected chi connectivity index (χ1v) is 6.42. The molecular formula is C14H20F2N2O3. The van der Waals surface area contributed by atoms with E-state index < -0.39 is 12.5 Å². The summed E-state index contributed by atoms with van der Waals surface area (Å²) in [7, 11) is 4.65. The summed E-state index contributed by atoms with van der Waals surface area (Å²) in [6.45, 7) is -2.77. The molecule has 0 spiro atoms. The summed E-state index contributed by atoms with van der Waals surface area (Å²) in [4.78, 5) is 13.4. The lowest BCUT2D eigenvalue weighted by Gasteiger charge is -2.19. The van der Waals surface area contributed by atoms with Crippen molar-refractivity contribution in [2.45, 2.75) is 13.0 Å². The topological polar surface area (TPSA) is 64.8 Å². The Morgan fingerprint density at radius 2 is 2.00 bits per heavy atom. The number of amides is 1. The Balaban J connectivity index is 2.95. The third-order valence-electron chi connectivity index (χ3n) is 3.00. The summed E-state index contributed by atoms with van der Waals surface area (Å²) in [6, 6.07) is 4.67. The maximum absolute atomic E-state index is 12.4. The number of carbonyl (C=O) groups is 1. The lowest BCUT2D eigenvalue weighted by Crippen LogP contribution is -2.35. The Morgan fingerprint density at radius 1 is 1.33 bits per heavy atom. The average molecular weight is 302 g/mol. The number of ether oxygens (including phenoxy) is 2. The van der Waals surface area contributed by atoms with Gasteiger partial charge in [-0.1, -0.05) is 6.07 Å². The van der Waals surface area contributed by atoms with Crippen molar-refractivity contribution in [1.29, 1.82) is 0 Å². The fourth-order valence-electron chi connectivity index (χ4n) is 1.96. The zero-order valence-electron chi connectivity index (χ0n) is 12.3. The van der Waals surface area contributed by atoms with Crippen molar-refractivity contribution in [2.75, 3.05) is 27.7 Å². The minimum absolute atomic E-state index is 0.0573. The first kappa shape index (κ1) is 17.2. The summed E-state index contributed by atoms with van der Waals surface area (Å²) < 4.78 is 34.1. The highest BCUT2D eigenvalue weighted by Gasteiger charge is 2.20. The van der Waals surface area contributed by atoms with Crippen LogP contribution in [-0.2, 0) is 11.2 Å². The van der Waals surface area contributed by atoms with Crippen LogP contribution in [0.3, 0.4) is 0 Å². The standard InChI is InChI=1S/C14H20F2N2O3/c1-18(2)13(19)10(8-17)6-9-4-5-11(20-3)12(7-9)21-14(15)16/h4-5,7,10,14H,6,8,17H2,1-3H3. The Bertz CT molecular complexity index is 481. The molecule has 0 aliphatic heterocycles. The molecule has 118 valence electrons. The zero-order valence-corrected chi connectivity index (χ0v) is 12.3. The molecule has 0 saturated carbocycles. The summed E-state index contributed by atoms with van der Waals surface area (Å²) in [5.74, 6) is -0.363. The highest BCUT2D eigenvalue weighted by Crippen LogP contribution is 2.30. The number of carbonyl (C=O) groups excluding carboxylic acids is 1. The molecule has 21 heavy (non-hydrogen) atoms. The van der Waals surface area contributed by atoms with Gasteiger partial charge in [-0.3, -0.25) is 4.79 Å². The molecule has 0 radical (unpaired) electrons. The normalized spacial score (nSPS) is 12.1. The van der Waals surface area contributed by atoms with Crippen molar-refractivity contribution in [3.05, 3.63) is 23.8 Å². The maximum Gasteiger partial charge on any atom is 0.387 e. The molecule has 0 aliphatic carbocycles. The van der Waals surface area contributed by atoms with Crippen LogP contribution in [-0.4, -0.2) is 45.2 Å². The van der Waals surface area contributed by atoms with E-state index in [2.05, 4.69) is 4.74 Å². The minimum atomic E-state index is -2.94. The van der Waals surface area contributed by atoms with E-state index >= 15 is 0 Å². The van der Waals surface area contributed by atoms with Crippen molar-refractivity contribution < 1.29 is 23.0 Å². The van der Waals surface area contributed by atoms with E-state index in [0.29, 0.717) is 12.0 Å². The van der Waals surface area contributed by atoms with Crippen molar-refractivity contribution in [2.24, 2.45) is 11.7 Å². The largest absolute Gasteiger partial charge is 0.493 e. The summed E-state index contributed by atoms with van der Waals surface area (Å²) in [5.41, 5.74) is 6.29. The molecule has 0 aliphatic rings. The first-order chi connectivity index (χ1) is 9.88. The molecule has 1 rings (SSSR count). The molecule has 2 N–H and O–H groups in total. The van der Waals surface area contributed by atoms with Gasteiger partial charge in [0.2, 0.25) is 5.91 Å². The summed E-state index contributed by atoms with van der Waals surface area (Å²) in [5, 5.41) is 0. The van der Waals surface area contributed by atoms with Gasteiger partial charge < -0.3 is 20.1 Å². The zero-order chi connectivity index (χ0) is 16.0. The Labute approximate surface area is 122 Å². The van der Waals surface area contributed by atoms with Gasteiger partial charge in [0, 0.05) is 20.6 Å². The van der Waals surface area contributed by atoms with Crippen LogP contribution in [0.4, 0.5) is 8.78 Å². The fraction of sp³-hybridized carbons (Fsp3) is 0.500. The number of nitrogens with zero attached hydrogens (tertiary/aromatic N) is 1. The van der Waals surface area contributed by atoms with Crippen LogP contribution in [0.2, 0.25) is 0 Å². The van der Waals surface area contributed by atoms with Crippen molar-refractivity contribution >= 4 is 5.91 Å². The first-order valence-electron chi connectivity index (χ1n) is 6.42. The number of halogens is 2. The van der Waals surface area contributed by atoms with Crippen molar-refractivity contribution in [1.82, 2.24) is 4.90 Å². The van der Waals surface area contributed by atoms with Gasteiger partial charge in [0.25, 0.3) is 0 Å². The Morgan fingerprint density at radius 3 is 2.48 bits per heavy atom. The smallest absolute Gasteiger partial charge is 0.387 e. The quantitative estimate of drug-likeness (QED) is 0.829. The molecule has 1 unspecified atom stereocenters. The van der Waals surface area contributed by atoms with E-state index in [0.717, 1.165) is 0 Å². The molecule has 0 heterocycles. The molecule has 0 aromatic heterocycles. The molecule has 1 amide bonds. The SMILES string of the molecule is COc1ccc(CC(CN)C(=O)N(C)C)cc1OC(F)F. The molecule has 0 fully saturated rings. The van der Waals surface area contributed by atoms with Gasteiger partial charge in [-0.25, -0.2) is 0 Å². The molecular weight excluding hydrogens is 282 g/mol. The van der Waals surface area contributed by atoms with E-state index in [1.807, 2.05) is 0 Å². The van der Waals surface area contributed by atoms with Crippen LogP contribution < -0.4 is 15.2 Å². The number of hydrogen-bond donors (Lipinski definition) is 1. The molecule has 0 bridgehead atoms. The van der Waals surface area contributed by atoms with Crippen LogP contribution in [0, 0.1) is 5.92 Å². The van der Waals surface area contributed by atoms with Gasteiger partial charge in [-0.2, -0.15) is 8.78 Å². The highest BCUT2D eigenvalue weighted by molar-refractivity contribution is 5.78. The van der Waals surface area contributed by atoms with Crippen molar-refractivity contribution in [3.8, 4) is 11.5 Å². The second-order valence-corrected chi connectivity index (χ2v) is 4.73. The number of nitrogens with two attached hydrogens (primary N) is 1. The predicted octanol–water partition coefficient (Wildman–Crippen LogP) is 1.50. The van der Waals surface area contributed by atoms with Gasteiger partial charge in [0.05, 0.1) is 13.0 Å². The second kappa shape index (κ2) is 7.78. The van der Waals surface area contributed by atoms with Gasteiger partial charge >= 0.3 is 6.61 Å². The lowest BCUT2D eigenvalue weighted by molar-refractivity contribution is -0.132. The Kier molecular flexibility index (Phi) is 6.36. The number of benzene rings is 1.